The third-order valence-corrected chi connectivity index (χ3v) is 4.39. The topological polar surface area (TPSA) is 59.9 Å². The molecular formula is C21H28N2O3. The molecule has 1 saturated carbocycles. The smallest absolute Gasteiger partial charge is 0.224 e. The molecule has 5 nitrogen and oxygen atoms in total. The molecule has 1 aromatic rings. The molecule has 0 radical (unpaired) electrons. The van der Waals surface area contributed by atoms with Crippen LogP contribution < -0.4 is 5.32 Å². The van der Waals surface area contributed by atoms with Gasteiger partial charge in [0.05, 0.1) is 19.3 Å². The second kappa shape index (κ2) is 9.92. The Kier molecular flexibility index (Phi) is 7.60. The maximum atomic E-state index is 12.6. The number of hydrogen-bond donors (Lipinski definition) is 1. The number of amides is 1. The van der Waals surface area contributed by atoms with Crippen molar-refractivity contribution in [2.24, 2.45) is 10.9 Å². The van der Waals surface area contributed by atoms with Crippen molar-refractivity contribution in [1.82, 2.24) is 5.32 Å². The highest BCUT2D eigenvalue weighted by Crippen LogP contribution is 2.47. The second-order valence-electron chi connectivity index (χ2n) is 6.29. The first-order chi connectivity index (χ1) is 12.6. The van der Waals surface area contributed by atoms with E-state index in [2.05, 4.69) is 29.0 Å². The van der Waals surface area contributed by atoms with Crippen LogP contribution in [0.3, 0.4) is 0 Å². The molecule has 0 saturated heterocycles. The molecule has 0 aliphatic heterocycles. The van der Waals surface area contributed by atoms with Gasteiger partial charge >= 0.3 is 0 Å². The SMILES string of the molecule is C=C/C(=C\N=C(/C)OCC)[C@H](COC)NC(=O)[C@H]1C[C@@H]1c1ccccc1. The summed E-state index contributed by atoms with van der Waals surface area (Å²) in [5, 5.41) is 3.07. The van der Waals surface area contributed by atoms with Crippen LogP contribution in [-0.4, -0.2) is 38.2 Å². The lowest BCUT2D eigenvalue weighted by molar-refractivity contribution is -0.123. The monoisotopic (exact) mass is 356 g/mol. The lowest BCUT2D eigenvalue weighted by Crippen LogP contribution is -2.40. The molecule has 1 N–H and O–H groups in total. The Morgan fingerprint density at radius 1 is 1.42 bits per heavy atom. The normalized spacial score (nSPS) is 21.0. The van der Waals surface area contributed by atoms with Gasteiger partial charge in [-0.1, -0.05) is 43.0 Å². The summed E-state index contributed by atoms with van der Waals surface area (Å²) in [6.07, 6.45) is 4.24. The lowest BCUT2D eigenvalue weighted by atomic mass is 10.1. The molecule has 1 aromatic carbocycles. The third kappa shape index (κ3) is 5.56. The van der Waals surface area contributed by atoms with E-state index in [4.69, 9.17) is 9.47 Å². The zero-order valence-electron chi connectivity index (χ0n) is 15.8. The summed E-state index contributed by atoms with van der Waals surface area (Å²) in [7, 11) is 1.61. The molecule has 3 atom stereocenters. The van der Waals surface area contributed by atoms with Crippen LogP contribution in [0.5, 0.6) is 0 Å². The van der Waals surface area contributed by atoms with Crippen molar-refractivity contribution < 1.29 is 14.3 Å². The molecule has 1 fully saturated rings. The van der Waals surface area contributed by atoms with Crippen LogP contribution in [0.15, 0.2) is 59.8 Å². The van der Waals surface area contributed by atoms with Gasteiger partial charge < -0.3 is 14.8 Å². The molecule has 0 unspecified atom stereocenters. The number of hydrogen-bond acceptors (Lipinski definition) is 4. The van der Waals surface area contributed by atoms with Crippen molar-refractivity contribution in [2.75, 3.05) is 20.3 Å². The van der Waals surface area contributed by atoms with E-state index in [9.17, 15) is 4.79 Å². The maximum Gasteiger partial charge on any atom is 0.224 e. The number of aliphatic imine (C=N–C) groups is 1. The summed E-state index contributed by atoms with van der Waals surface area (Å²) < 4.78 is 10.6. The Labute approximate surface area is 155 Å². The van der Waals surface area contributed by atoms with Gasteiger partial charge in [0.2, 0.25) is 5.91 Å². The molecular weight excluding hydrogens is 328 g/mol. The number of nitrogens with one attached hydrogen (secondary N) is 1. The highest BCUT2D eigenvalue weighted by molar-refractivity contribution is 5.83. The molecule has 26 heavy (non-hydrogen) atoms. The van der Waals surface area contributed by atoms with E-state index in [-0.39, 0.29) is 17.9 Å². The quantitative estimate of drug-likeness (QED) is 0.419. The molecule has 0 heterocycles. The summed E-state index contributed by atoms with van der Waals surface area (Å²) in [5.41, 5.74) is 2.00. The largest absolute Gasteiger partial charge is 0.481 e. The van der Waals surface area contributed by atoms with Crippen molar-refractivity contribution in [1.29, 1.82) is 0 Å². The zero-order valence-corrected chi connectivity index (χ0v) is 15.8. The van der Waals surface area contributed by atoms with Crippen molar-refractivity contribution in [3.63, 3.8) is 0 Å². The first-order valence-electron chi connectivity index (χ1n) is 8.94. The number of nitrogens with zero attached hydrogens (tertiary/aromatic N) is 1. The third-order valence-electron chi connectivity index (χ3n) is 4.39. The zero-order chi connectivity index (χ0) is 18.9. The maximum absolute atomic E-state index is 12.6. The van der Waals surface area contributed by atoms with E-state index in [0.29, 0.717) is 25.0 Å². The molecule has 1 aliphatic rings. The predicted octanol–water partition coefficient (Wildman–Crippen LogP) is 3.45. The van der Waals surface area contributed by atoms with Gasteiger partial charge in [-0.2, -0.15) is 0 Å². The van der Waals surface area contributed by atoms with Crippen LogP contribution in [0.25, 0.3) is 0 Å². The van der Waals surface area contributed by atoms with Gasteiger partial charge in [0.15, 0.2) is 5.90 Å². The van der Waals surface area contributed by atoms with Crippen molar-refractivity contribution in [2.45, 2.75) is 32.2 Å². The number of methoxy groups -OCH3 is 1. The van der Waals surface area contributed by atoms with Crippen LogP contribution in [0, 0.1) is 5.92 Å². The summed E-state index contributed by atoms with van der Waals surface area (Å²) in [5.74, 6) is 0.921. The molecule has 0 spiro atoms. The van der Waals surface area contributed by atoms with Gasteiger partial charge in [-0.25, -0.2) is 4.99 Å². The molecule has 2 rings (SSSR count). The number of carbonyl (C=O) groups is 1. The number of benzene rings is 1. The standard InChI is InChI=1S/C21H28N2O3/c1-5-16(13-22-15(3)26-6-2)20(14-25-4)23-21(24)19-12-18(19)17-10-8-7-9-11-17/h5,7-11,13,18-20H,1,6,12,14H2,2-4H3,(H,23,24)/b16-13+,22-15+/t18-,19+,20+/m1/s1. The van der Waals surface area contributed by atoms with Gasteiger partial charge in [0.1, 0.15) is 0 Å². The van der Waals surface area contributed by atoms with Crippen LogP contribution >= 0.6 is 0 Å². The Hall–Kier alpha value is -2.40. The first-order valence-corrected chi connectivity index (χ1v) is 8.94. The van der Waals surface area contributed by atoms with Gasteiger partial charge in [-0.05, 0) is 30.4 Å². The van der Waals surface area contributed by atoms with E-state index in [1.807, 2.05) is 25.1 Å². The van der Waals surface area contributed by atoms with Crippen LogP contribution in [0.4, 0.5) is 0 Å². The Morgan fingerprint density at radius 2 is 2.15 bits per heavy atom. The Bertz CT molecular complexity index is 667. The van der Waals surface area contributed by atoms with Crippen molar-refractivity contribution in [3.05, 3.63) is 60.3 Å². The summed E-state index contributed by atoms with van der Waals surface area (Å²) in [4.78, 5) is 16.9. The fourth-order valence-corrected chi connectivity index (χ4v) is 2.92. The average molecular weight is 356 g/mol. The van der Waals surface area contributed by atoms with E-state index >= 15 is 0 Å². The van der Waals surface area contributed by atoms with Gasteiger partial charge in [-0.15, -0.1) is 0 Å². The number of carbonyl (C=O) groups excluding carboxylic acids is 1. The Morgan fingerprint density at radius 3 is 2.77 bits per heavy atom. The second-order valence-corrected chi connectivity index (χ2v) is 6.29. The van der Waals surface area contributed by atoms with Crippen molar-refractivity contribution in [3.8, 4) is 0 Å². The summed E-state index contributed by atoms with van der Waals surface area (Å²) in [6, 6.07) is 9.86. The number of ether oxygens (including phenoxy) is 2. The molecule has 0 aromatic heterocycles. The average Bonchev–Trinajstić information content (AvgIpc) is 3.44. The highest BCUT2D eigenvalue weighted by Gasteiger charge is 2.44. The number of rotatable bonds is 9. The van der Waals surface area contributed by atoms with E-state index in [0.717, 1.165) is 12.0 Å². The first kappa shape index (κ1) is 19.9. The van der Waals surface area contributed by atoms with Gasteiger partial charge in [-0.3, -0.25) is 4.79 Å². The van der Waals surface area contributed by atoms with E-state index < -0.39 is 0 Å². The Balaban J connectivity index is 2.02. The highest BCUT2D eigenvalue weighted by atomic mass is 16.5. The van der Waals surface area contributed by atoms with E-state index in [1.165, 1.54) is 5.56 Å². The fraction of sp³-hybridized carbons (Fsp3) is 0.429. The molecule has 0 bridgehead atoms. The summed E-state index contributed by atoms with van der Waals surface area (Å²) in [6.45, 7) is 8.45. The lowest BCUT2D eigenvalue weighted by Gasteiger charge is -2.19. The molecule has 1 aliphatic carbocycles. The molecule has 5 heteroatoms. The molecule has 1 amide bonds. The summed E-state index contributed by atoms with van der Waals surface area (Å²) >= 11 is 0. The van der Waals surface area contributed by atoms with Crippen LogP contribution in [-0.2, 0) is 14.3 Å². The minimum absolute atomic E-state index is 0.0106. The van der Waals surface area contributed by atoms with Gasteiger partial charge in [0.25, 0.3) is 0 Å². The minimum Gasteiger partial charge on any atom is -0.481 e. The molecule has 140 valence electrons. The van der Waals surface area contributed by atoms with Crippen LogP contribution in [0.2, 0.25) is 0 Å². The fourth-order valence-electron chi connectivity index (χ4n) is 2.92. The predicted molar refractivity (Wildman–Crippen MR) is 104 cm³/mol. The van der Waals surface area contributed by atoms with Gasteiger partial charge in [0, 0.05) is 26.2 Å². The van der Waals surface area contributed by atoms with E-state index in [1.54, 1.807) is 26.3 Å². The van der Waals surface area contributed by atoms with Crippen LogP contribution in [0.1, 0.15) is 31.7 Å². The van der Waals surface area contributed by atoms with Crippen molar-refractivity contribution >= 4 is 11.8 Å². The minimum atomic E-state index is -0.291.